The number of carbonyl (C=O) groups excluding carboxylic acids is 1. The summed E-state index contributed by atoms with van der Waals surface area (Å²) in [6, 6.07) is 7.93. The van der Waals surface area contributed by atoms with E-state index in [9.17, 15) is 4.79 Å². The third-order valence-electron chi connectivity index (χ3n) is 3.70. The van der Waals surface area contributed by atoms with Gasteiger partial charge in [0.05, 0.1) is 5.41 Å². The molecule has 1 aliphatic rings. The van der Waals surface area contributed by atoms with E-state index in [0.717, 1.165) is 24.9 Å². The van der Waals surface area contributed by atoms with E-state index in [4.69, 9.17) is 11.6 Å². The molecule has 1 aliphatic carbocycles. The highest BCUT2D eigenvalue weighted by atomic mass is 35.5. The molecule has 1 aromatic carbocycles. The normalized spacial score (nSPS) is 16.9. The highest BCUT2D eigenvalue weighted by Crippen LogP contribution is 2.48. The van der Waals surface area contributed by atoms with Crippen LogP contribution < -0.4 is 10.6 Å². The molecule has 0 unspecified atom stereocenters. The zero-order valence-electron chi connectivity index (χ0n) is 11.9. The third kappa shape index (κ3) is 3.87. The van der Waals surface area contributed by atoms with Crippen LogP contribution in [0.2, 0.25) is 5.02 Å². The van der Waals surface area contributed by atoms with Gasteiger partial charge in [-0.15, -0.1) is 12.4 Å². The monoisotopic (exact) mass is 316 g/mol. The number of amides is 1. The van der Waals surface area contributed by atoms with Crippen LogP contribution in [-0.4, -0.2) is 25.0 Å². The lowest BCUT2D eigenvalue weighted by Gasteiger charge is -2.18. The fourth-order valence-electron chi connectivity index (χ4n) is 2.38. The predicted molar refractivity (Wildman–Crippen MR) is 85.8 cm³/mol. The lowest BCUT2D eigenvalue weighted by molar-refractivity contribution is -0.123. The highest BCUT2D eigenvalue weighted by molar-refractivity contribution is 6.30. The van der Waals surface area contributed by atoms with E-state index >= 15 is 0 Å². The number of hydrogen-bond acceptors (Lipinski definition) is 2. The summed E-state index contributed by atoms with van der Waals surface area (Å²) in [5.74, 6) is 0.138. The Morgan fingerprint density at radius 1 is 1.35 bits per heavy atom. The molecule has 20 heavy (non-hydrogen) atoms. The van der Waals surface area contributed by atoms with Gasteiger partial charge in [0.1, 0.15) is 0 Å². The van der Waals surface area contributed by atoms with Crippen LogP contribution >= 0.6 is 24.0 Å². The average Bonchev–Trinajstić information content (AvgIpc) is 3.19. The summed E-state index contributed by atoms with van der Waals surface area (Å²) in [5, 5.41) is 7.05. The van der Waals surface area contributed by atoms with Crippen LogP contribution in [-0.2, 0) is 10.2 Å². The van der Waals surface area contributed by atoms with Gasteiger partial charge < -0.3 is 10.6 Å². The molecule has 1 amide bonds. The Labute approximate surface area is 131 Å². The Morgan fingerprint density at radius 2 is 1.95 bits per heavy atom. The quantitative estimate of drug-likeness (QED) is 0.847. The molecule has 1 aromatic rings. The molecule has 5 heteroatoms. The van der Waals surface area contributed by atoms with Crippen LogP contribution in [0.25, 0.3) is 0 Å². The van der Waals surface area contributed by atoms with Crippen LogP contribution in [0.5, 0.6) is 0 Å². The maximum absolute atomic E-state index is 12.3. The number of hydrogen-bond donors (Lipinski definition) is 2. The van der Waals surface area contributed by atoms with Crippen molar-refractivity contribution in [3.05, 3.63) is 34.9 Å². The topological polar surface area (TPSA) is 41.1 Å². The minimum absolute atomic E-state index is 0. The van der Waals surface area contributed by atoms with Gasteiger partial charge in [0.15, 0.2) is 0 Å². The SMILES string of the molecule is CCN[C@H](C)CNC(=O)C1(c2ccc(Cl)cc2)CC1.Cl. The van der Waals surface area contributed by atoms with Gasteiger partial charge in [0.2, 0.25) is 5.91 Å². The second-order valence-electron chi connectivity index (χ2n) is 5.26. The fraction of sp³-hybridized carbons (Fsp3) is 0.533. The van der Waals surface area contributed by atoms with Crippen molar-refractivity contribution in [3.8, 4) is 0 Å². The van der Waals surface area contributed by atoms with Crippen molar-refractivity contribution in [2.45, 2.75) is 38.1 Å². The van der Waals surface area contributed by atoms with Gasteiger partial charge in [-0.25, -0.2) is 0 Å². The number of rotatable bonds is 6. The van der Waals surface area contributed by atoms with Crippen molar-refractivity contribution >= 4 is 29.9 Å². The second-order valence-corrected chi connectivity index (χ2v) is 5.69. The molecule has 0 heterocycles. The van der Waals surface area contributed by atoms with Crippen LogP contribution in [0.1, 0.15) is 32.3 Å². The number of halogens is 2. The zero-order chi connectivity index (χ0) is 13.9. The molecule has 1 atom stereocenters. The molecule has 0 aromatic heterocycles. The summed E-state index contributed by atoms with van der Waals surface area (Å²) in [5.41, 5.74) is 0.766. The van der Waals surface area contributed by atoms with Crippen LogP contribution in [0.3, 0.4) is 0 Å². The van der Waals surface area contributed by atoms with Crippen LogP contribution in [0.15, 0.2) is 24.3 Å². The summed E-state index contributed by atoms with van der Waals surface area (Å²) in [7, 11) is 0. The highest BCUT2D eigenvalue weighted by Gasteiger charge is 2.51. The summed E-state index contributed by atoms with van der Waals surface area (Å²) in [6.45, 7) is 5.72. The molecule has 0 aliphatic heterocycles. The van der Waals surface area contributed by atoms with Gasteiger partial charge in [-0.2, -0.15) is 0 Å². The van der Waals surface area contributed by atoms with E-state index in [2.05, 4.69) is 24.5 Å². The molecule has 1 fully saturated rings. The number of carbonyl (C=O) groups is 1. The van der Waals surface area contributed by atoms with E-state index < -0.39 is 0 Å². The van der Waals surface area contributed by atoms with Crippen molar-refractivity contribution in [2.24, 2.45) is 0 Å². The van der Waals surface area contributed by atoms with Crippen molar-refractivity contribution in [1.29, 1.82) is 0 Å². The molecule has 2 N–H and O–H groups in total. The molecular weight excluding hydrogens is 295 g/mol. The Balaban J connectivity index is 0.00000200. The minimum Gasteiger partial charge on any atom is -0.354 e. The molecule has 2 rings (SSSR count). The molecule has 1 saturated carbocycles. The predicted octanol–water partition coefficient (Wildman–Crippen LogP) is 2.91. The molecule has 112 valence electrons. The van der Waals surface area contributed by atoms with E-state index in [1.165, 1.54) is 0 Å². The van der Waals surface area contributed by atoms with Gasteiger partial charge in [-0.3, -0.25) is 4.79 Å². The Morgan fingerprint density at radius 3 is 2.45 bits per heavy atom. The van der Waals surface area contributed by atoms with E-state index in [1.54, 1.807) is 0 Å². The Kier molecular flexibility index (Phi) is 6.31. The number of likely N-dealkylation sites (N-methyl/N-ethyl adjacent to an activating group) is 1. The summed E-state index contributed by atoms with van der Waals surface area (Å²) >= 11 is 5.89. The second kappa shape index (κ2) is 7.30. The molecular formula is C15H22Cl2N2O. The van der Waals surface area contributed by atoms with E-state index in [0.29, 0.717) is 17.6 Å². The van der Waals surface area contributed by atoms with Crippen molar-refractivity contribution in [1.82, 2.24) is 10.6 Å². The molecule has 0 saturated heterocycles. The van der Waals surface area contributed by atoms with Crippen LogP contribution in [0.4, 0.5) is 0 Å². The van der Waals surface area contributed by atoms with Crippen LogP contribution in [0, 0.1) is 0 Å². The maximum atomic E-state index is 12.3. The zero-order valence-corrected chi connectivity index (χ0v) is 13.5. The van der Waals surface area contributed by atoms with Crippen molar-refractivity contribution < 1.29 is 4.79 Å². The lowest BCUT2D eigenvalue weighted by Crippen LogP contribution is -2.42. The van der Waals surface area contributed by atoms with E-state index in [1.807, 2.05) is 24.3 Å². The van der Waals surface area contributed by atoms with E-state index in [-0.39, 0.29) is 23.7 Å². The van der Waals surface area contributed by atoms with Gasteiger partial charge in [-0.05, 0) is 44.0 Å². The minimum atomic E-state index is -0.309. The van der Waals surface area contributed by atoms with Gasteiger partial charge in [-0.1, -0.05) is 30.7 Å². The molecule has 0 radical (unpaired) electrons. The van der Waals surface area contributed by atoms with Gasteiger partial charge in [0, 0.05) is 17.6 Å². The standard InChI is InChI=1S/C15H21ClN2O.ClH/c1-3-17-11(2)10-18-14(19)15(8-9-15)12-4-6-13(16)7-5-12;/h4-7,11,17H,3,8-10H2,1-2H3,(H,18,19);1H/t11-;/m1./s1. The number of nitrogens with one attached hydrogen (secondary N) is 2. The lowest BCUT2D eigenvalue weighted by atomic mass is 9.95. The first kappa shape index (κ1) is 17.3. The largest absolute Gasteiger partial charge is 0.354 e. The first-order valence-electron chi connectivity index (χ1n) is 6.86. The smallest absolute Gasteiger partial charge is 0.230 e. The first-order valence-corrected chi connectivity index (χ1v) is 7.24. The maximum Gasteiger partial charge on any atom is 0.230 e. The summed E-state index contributed by atoms with van der Waals surface area (Å²) < 4.78 is 0. The van der Waals surface area contributed by atoms with Gasteiger partial charge >= 0.3 is 0 Å². The number of benzene rings is 1. The Bertz CT molecular complexity index is 444. The van der Waals surface area contributed by atoms with Crippen molar-refractivity contribution in [3.63, 3.8) is 0 Å². The van der Waals surface area contributed by atoms with Crippen molar-refractivity contribution in [2.75, 3.05) is 13.1 Å². The summed E-state index contributed by atoms with van der Waals surface area (Å²) in [6.07, 6.45) is 1.85. The third-order valence-corrected chi connectivity index (χ3v) is 3.95. The molecule has 3 nitrogen and oxygen atoms in total. The molecule has 0 bridgehead atoms. The summed E-state index contributed by atoms with van der Waals surface area (Å²) in [4.78, 5) is 12.3. The molecule has 0 spiro atoms. The van der Waals surface area contributed by atoms with Gasteiger partial charge in [0.25, 0.3) is 0 Å². The fourth-order valence-corrected chi connectivity index (χ4v) is 2.50. The first-order chi connectivity index (χ1) is 9.08. The average molecular weight is 317 g/mol. The Hall–Kier alpha value is -0.770.